The van der Waals surface area contributed by atoms with Gasteiger partial charge in [0.1, 0.15) is 18.0 Å². The van der Waals surface area contributed by atoms with Gasteiger partial charge in [-0.3, -0.25) is 0 Å². The number of aromatic nitrogens is 3. The summed E-state index contributed by atoms with van der Waals surface area (Å²) in [5, 5.41) is 6.94. The van der Waals surface area contributed by atoms with E-state index >= 15 is 0 Å². The van der Waals surface area contributed by atoms with E-state index in [1.54, 1.807) is 39.8 Å². The summed E-state index contributed by atoms with van der Waals surface area (Å²) < 4.78 is 42.3. The summed E-state index contributed by atoms with van der Waals surface area (Å²) in [5.41, 5.74) is -0.603. The first-order valence-electron chi connectivity index (χ1n) is 10.8. The van der Waals surface area contributed by atoms with Crippen LogP contribution in [0.15, 0.2) is 36.7 Å². The van der Waals surface area contributed by atoms with Gasteiger partial charge in [0, 0.05) is 23.9 Å². The van der Waals surface area contributed by atoms with E-state index in [2.05, 4.69) is 15.4 Å². The number of hydrogen-bond donors (Lipinski definition) is 1. The molecule has 33 heavy (non-hydrogen) atoms. The van der Waals surface area contributed by atoms with Crippen LogP contribution in [0.5, 0.6) is 5.75 Å². The van der Waals surface area contributed by atoms with Crippen LogP contribution in [-0.2, 0) is 4.74 Å². The van der Waals surface area contributed by atoms with Crippen LogP contribution in [0.4, 0.5) is 13.6 Å². The lowest BCUT2D eigenvalue weighted by Gasteiger charge is -2.33. The first-order valence-corrected chi connectivity index (χ1v) is 10.8. The number of alkyl carbamates (subject to hydrolysis) is 1. The Labute approximate surface area is 192 Å². The van der Waals surface area contributed by atoms with Gasteiger partial charge in [0.15, 0.2) is 17.2 Å². The molecule has 1 N–H and O–H groups in total. The van der Waals surface area contributed by atoms with Crippen LogP contribution in [0.3, 0.4) is 0 Å². The highest BCUT2D eigenvalue weighted by Crippen LogP contribution is 2.30. The Morgan fingerprint density at radius 2 is 1.85 bits per heavy atom. The van der Waals surface area contributed by atoms with E-state index in [4.69, 9.17) is 9.47 Å². The normalized spacial score (nSPS) is 13.7. The molecule has 1 unspecified atom stereocenters. The van der Waals surface area contributed by atoms with Crippen LogP contribution in [0.25, 0.3) is 16.9 Å². The molecule has 7 nitrogen and oxygen atoms in total. The third-order valence-electron chi connectivity index (χ3n) is 4.80. The molecule has 0 bridgehead atoms. The van der Waals surface area contributed by atoms with Gasteiger partial charge in [-0.1, -0.05) is 13.8 Å². The molecule has 178 valence electrons. The lowest BCUT2D eigenvalue weighted by molar-refractivity contribution is 0.0406. The Morgan fingerprint density at radius 3 is 2.52 bits per heavy atom. The molecule has 0 radical (unpaired) electrons. The van der Waals surface area contributed by atoms with Crippen molar-refractivity contribution in [1.29, 1.82) is 0 Å². The monoisotopic (exact) mass is 460 g/mol. The molecule has 1 aromatic carbocycles. The number of fused-ring (bicyclic) bond motifs is 1. The highest BCUT2D eigenvalue weighted by atomic mass is 19.1. The Kier molecular flexibility index (Phi) is 6.90. The maximum Gasteiger partial charge on any atom is 0.408 e. The Morgan fingerprint density at radius 1 is 1.12 bits per heavy atom. The zero-order valence-electron chi connectivity index (χ0n) is 19.8. The van der Waals surface area contributed by atoms with Crippen molar-refractivity contribution >= 4 is 11.7 Å². The SMILES string of the molecule is CC(C)CC(C)(COc1cc(F)c(-c2ccnc3ccnn23)cc1F)NC(=O)OC(C)(C)C. The number of nitrogens with one attached hydrogen (secondary N) is 1. The Balaban J connectivity index is 1.82. The molecule has 0 aliphatic rings. The summed E-state index contributed by atoms with van der Waals surface area (Å²) in [6, 6.07) is 5.30. The maximum absolute atomic E-state index is 15.0. The molecule has 0 fully saturated rings. The van der Waals surface area contributed by atoms with Gasteiger partial charge in [-0.25, -0.2) is 23.1 Å². The van der Waals surface area contributed by atoms with Gasteiger partial charge in [0.2, 0.25) is 0 Å². The average molecular weight is 461 g/mol. The zero-order valence-corrected chi connectivity index (χ0v) is 19.8. The molecule has 0 aliphatic carbocycles. The molecular weight excluding hydrogens is 430 g/mol. The van der Waals surface area contributed by atoms with E-state index in [1.165, 1.54) is 16.9 Å². The van der Waals surface area contributed by atoms with Crippen LogP contribution in [-0.4, -0.2) is 38.4 Å². The Hall–Kier alpha value is -3.23. The lowest BCUT2D eigenvalue weighted by atomic mass is 9.91. The third kappa shape index (κ3) is 6.18. The summed E-state index contributed by atoms with van der Waals surface area (Å²) in [5.74, 6) is -1.43. The minimum absolute atomic E-state index is 0.0350. The molecule has 2 aromatic heterocycles. The molecule has 0 saturated heterocycles. The molecule has 1 atom stereocenters. The smallest absolute Gasteiger partial charge is 0.408 e. The average Bonchev–Trinajstić information content (AvgIpc) is 3.15. The quantitative estimate of drug-likeness (QED) is 0.512. The number of hydrogen-bond acceptors (Lipinski definition) is 5. The molecule has 0 spiro atoms. The van der Waals surface area contributed by atoms with Crippen molar-refractivity contribution < 1.29 is 23.0 Å². The van der Waals surface area contributed by atoms with Crippen molar-refractivity contribution in [1.82, 2.24) is 19.9 Å². The minimum Gasteiger partial charge on any atom is -0.488 e. The summed E-state index contributed by atoms with van der Waals surface area (Å²) in [4.78, 5) is 16.5. The van der Waals surface area contributed by atoms with Crippen LogP contribution in [0.1, 0.15) is 48.0 Å². The topological polar surface area (TPSA) is 77.8 Å². The predicted molar refractivity (Wildman–Crippen MR) is 121 cm³/mol. The van der Waals surface area contributed by atoms with Crippen LogP contribution >= 0.6 is 0 Å². The van der Waals surface area contributed by atoms with Gasteiger partial charge in [-0.15, -0.1) is 0 Å². The number of halogens is 2. The van der Waals surface area contributed by atoms with Crippen LogP contribution < -0.4 is 10.1 Å². The number of carbonyl (C=O) groups is 1. The van der Waals surface area contributed by atoms with Crippen molar-refractivity contribution in [2.75, 3.05) is 6.61 Å². The van der Waals surface area contributed by atoms with Crippen molar-refractivity contribution in [3.63, 3.8) is 0 Å². The second-order valence-electron chi connectivity index (χ2n) is 9.77. The summed E-state index contributed by atoms with van der Waals surface area (Å²) >= 11 is 0. The van der Waals surface area contributed by atoms with Crippen molar-refractivity contribution in [3.8, 4) is 17.0 Å². The molecule has 0 aliphatic heterocycles. The second-order valence-corrected chi connectivity index (χ2v) is 9.77. The van der Waals surface area contributed by atoms with Gasteiger partial charge < -0.3 is 14.8 Å². The number of benzene rings is 1. The first-order chi connectivity index (χ1) is 15.4. The van der Waals surface area contributed by atoms with Gasteiger partial charge in [-0.2, -0.15) is 5.10 Å². The number of ether oxygens (including phenoxy) is 2. The van der Waals surface area contributed by atoms with E-state index in [9.17, 15) is 13.6 Å². The largest absolute Gasteiger partial charge is 0.488 e. The van der Waals surface area contributed by atoms with Crippen LogP contribution in [0, 0.1) is 17.6 Å². The third-order valence-corrected chi connectivity index (χ3v) is 4.80. The molecule has 0 saturated carbocycles. The van der Waals surface area contributed by atoms with E-state index in [0.717, 1.165) is 12.1 Å². The molecule has 2 heterocycles. The summed E-state index contributed by atoms with van der Waals surface area (Å²) in [6.45, 7) is 11.0. The van der Waals surface area contributed by atoms with E-state index in [0.29, 0.717) is 17.8 Å². The lowest BCUT2D eigenvalue weighted by Crippen LogP contribution is -2.52. The molecule has 3 aromatic rings. The maximum atomic E-state index is 15.0. The molecule has 9 heteroatoms. The van der Waals surface area contributed by atoms with Gasteiger partial charge in [-0.05, 0) is 52.2 Å². The van der Waals surface area contributed by atoms with Crippen molar-refractivity contribution in [3.05, 3.63) is 48.3 Å². The van der Waals surface area contributed by atoms with Gasteiger partial charge in [0.25, 0.3) is 0 Å². The van der Waals surface area contributed by atoms with Crippen LogP contribution in [0.2, 0.25) is 0 Å². The summed E-state index contributed by atoms with van der Waals surface area (Å²) in [6.07, 6.45) is 2.98. The zero-order chi connectivity index (χ0) is 24.4. The summed E-state index contributed by atoms with van der Waals surface area (Å²) in [7, 11) is 0. The fourth-order valence-corrected chi connectivity index (χ4v) is 3.71. The minimum atomic E-state index is -0.857. The van der Waals surface area contributed by atoms with Gasteiger partial charge >= 0.3 is 6.09 Å². The molecule has 1 amide bonds. The highest BCUT2D eigenvalue weighted by Gasteiger charge is 2.31. The highest BCUT2D eigenvalue weighted by molar-refractivity contribution is 5.68. The second kappa shape index (κ2) is 9.33. The molecule has 3 rings (SSSR count). The standard InChI is InChI=1S/C24H30F2N4O3/c1-15(2)13-24(6,29-22(31)33-23(3,4)5)14-32-20-12-17(25)16(11-18(20)26)19-7-9-27-21-8-10-28-30(19)21/h7-12,15H,13-14H2,1-6H3,(H,29,31). The molecular formula is C24H30F2N4O3. The fourth-order valence-electron chi connectivity index (χ4n) is 3.71. The predicted octanol–water partition coefficient (Wildman–Crippen LogP) is 5.38. The van der Waals surface area contributed by atoms with E-state index in [-0.39, 0.29) is 23.8 Å². The van der Waals surface area contributed by atoms with Crippen molar-refractivity contribution in [2.45, 2.75) is 59.1 Å². The van der Waals surface area contributed by atoms with E-state index < -0.39 is 28.9 Å². The Bertz CT molecular complexity index is 1140. The fraction of sp³-hybridized carbons (Fsp3) is 0.458. The van der Waals surface area contributed by atoms with Crippen molar-refractivity contribution in [2.24, 2.45) is 5.92 Å². The number of amides is 1. The van der Waals surface area contributed by atoms with E-state index in [1.807, 2.05) is 13.8 Å². The first kappa shape index (κ1) is 24.4. The number of carbonyl (C=O) groups excluding carboxylic acids is 1. The van der Waals surface area contributed by atoms with Gasteiger partial charge in [0.05, 0.1) is 17.4 Å². The number of nitrogens with zero attached hydrogens (tertiary/aromatic N) is 3. The number of rotatable bonds is 7.